The van der Waals surface area contributed by atoms with E-state index >= 15 is 0 Å². The zero-order valence-electron chi connectivity index (χ0n) is 13.8. The average Bonchev–Trinajstić information content (AvgIpc) is 3.08. The van der Waals surface area contributed by atoms with Gasteiger partial charge >= 0.3 is 0 Å². The SMILES string of the molecule is Cc1nc(N2[C@@H]3CCNC[C@H]2CC3)nc2cc3c(cc12)CCC3. The Morgan fingerprint density at radius 1 is 1.04 bits per heavy atom. The van der Waals surface area contributed by atoms with Crippen LogP contribution in [0, 0.1) is 6.92 Å². The quantitative estimate of drug-likeness (QED) is 0.879. The van der Waals surface area contributed by atoms with Gasteiger partial charge in [-0.3, -0.25) is 0 Å². The minimum Gasteiger partial charge on any atom is -0.334 e. The van der Waals surface area contributed by atoms with E-state index in [-0.39, 0.29) is 0 Å². The van der Waals surface area contributed by atoms with Crippen molar-refractivity contribution in [2.24, 2.45) is 0 Å². The van der Waals surface area contributed by atoms with Crippen LogP contribution in [0.15, 0.2) is 12.1 Å². The standard InChI is InChI=1S/C19H24N4/c1-12-17-9-13-3-2-4-14(13)10-18(17)22-19(21-12)23-15-5-6-16(23)11-20-8-7-15/h9-10,15-16,20H,2-8,11H2,1H3/t15-,16+/m0/s1. The van der Waals surface area contributed by atoms with Crippen molar-refractivity contribution < 1.29 is 0 Å². The largest absolute Gasteiger partial charge is 0.334 e. The second kappa shape index (κ2) is 5.17. The molecule has 1 aliphatic carbocycles. The Labute approximate surface area is 137 Å². The number of nitrogens with zero attached hydrogens (tertiary/aromatic N) is 3. The number of nitrogens with one attached hydrogen (secondary N) is 1. The van der Waals surface area contributed by atoms with E-state index in [1.165, 1.54) is 55.0 Å². The summed E-state index contributed by atoms with van der Waals surface area (Å²) in [5.74, 6) is 0.962. The Balaban J connectivity index is 1.63. The van der Waals surface area contributed by atoms with Gasteiger partial charge in [0.1, 0.15) is 0 Å². The zero-order valence-corrected chi connectivity index (χ0v) is 13.8. The van der Waals surface area contributed by atoms with Crippen LogP contribution in [-0.4, -0.2) is 35.1 Å². The van der Waals surface area contributed by atoms with Crippen LogP contribution in [0.3, 0.4) is 0 Å². The van der Waals surface area contributed by atoms with Gasteiger partial charge in [-0.2, -0.15) is 0 Å². The first-order valence-electron chi connectivity index (χ1n) is 9.09. The molecule has 5 rings (SSSR count). The summed E-state index contributed by atoms with van der Waals surface area (Å²) in [4.78, 5) is 12.4. The number of aryl methyl sites for hydroxylation is 3. The molecular formula is C19H24N4. The lowest BCUT2D eigenvalue weighted by molar-refractivity contribution is 0.567. The lowest BCUT2D eigenvalue weighted by Gasteiger charge is -2.28. The number of rotatable bonds is 1. The summed E-state index contributed by atoms with van der Waals surface area (Å²) in [6.07, 6.45) is 7.48. The molecule has 120 valence electrons. The number of anilines is 1. The van der Waals surface area contributed by atoms with Crippen LogP contribution in [0.25, 0.3) is 10.9 Å². The number of hydrogen-bond acceptors (Lipinski definition) is 4. The van der Waals surface area contributed by atoms with Gasteiger partial charge in [0.25, 0.3) is 0 Å². The summed E-state index contributed by atoms with van der Waals surface area (Å²) < 4.78 is 0. The third-order valence-electron chi connectivity index (χ3n) is 5.97. The molecule has 2 atom stereocenters. The Hall–Kier alpha value is -1.68. The predicted molar refractivity (Wildman–Crippen MR) is 93.1 cm³/mol. The van der Waals surface area contributed by atoms with E-state index in [2.05, 4.69) is 29.3 Å². The topological polar surface area (TPSA) is 41.1 Å². The van der Waals surface area contributed by atoms with Crippen molar-refractivity contribution in [3.63, 3.8) is 0 Å². The molecule has 1 aromatic heterocycles. The minimum absolute atomic E-state index is 0.564. The Morgan fingerprint density at radius 2 is 1.87 bits per heavy atom. The Kier molecular flexibility index (Phi) is 3.08. The molecule has 3 aliphatic rings. The van der Waals surface area contributed by atoms with Crippen LogP contribution in [0.5, 0.6) is 0 Å². The number of fused-ring (bicyclic) bond motifs is 4. The van der Waals surface area contributed by atoms with Crippen molar-refractivity contribution in [3.8, 4) is 0 Å². The third kappa shape index (κ3) is 2.15. The van der Waals surface area contributed by atoms with E-state index in [1.54, 1.807) is 0 Å². The Morgan fingerprint density at radius 3 is 2.78 bits per heavy atom. The molecule has 0 spiro atoms. The molecule has 2 aromatic rings. The molecule has 23 heavy (non-hydrogen) atoms. The summed E-state index contributed by atoms with van der Waals surface area (Å²) in [5, 5.41) is 4.81. The summed E-state index contributed by atoms with van der Waals surface area (Å²) in [7, 11) is 0. The molecule has 3 heterocycles. The van der Waals surface area contributed by atoms with Crippen molar-refractivity contribution in [2.75, 3.05) is 18.0 Å². The van der Waals surface area contributed by atoms with Gasteiger partial charge in [0, 0.05) is 24.0 Å². The number of hydrogen-bond donors (Lipinski definition) is 1. The van der Waals surface area contributed by atoms with E-state index in [0.29, 0.717) is 12.1 Å². The fourth-order valence-electron chi connectivity index (χ4n) is 4.76. The molecule has 4 heteroatoms. The molecule has 2 bridgehead atoms. The van der Waals surface area contributed by atoms with Crippen LogP contribution in [-0.2, 0) is 12.8 Å². The van der Waals surface area contributed by atoms with Gasteiger partial charge in [-0.1, -0.05) is 0 Å². The normalized spacial score (nSPS) is 26.6. The van der Waals surface area contributed by atoms with Crippen LogP contribution in [0.2, 0.25) is 0 Å². The third-order valence-corrected chi connectivity index (χ3v) is 5.97. The molecular weight excluding hydrogens is 284 g/mol. The lowest BCUT2D eigenvalue weighted by Crippen LogP contribution is -2.39. The van der Waals surface area contributed by atoms with Crippen LogP contribution in [0.1, 0.15) is 42.5 Å². The van der Waals surface area contributed by atoms with Crippen molar-refractivity contribution in [2.45, 2.75) is 57.5 Å². The van der Waals surface area contributed by atoms with Gasteiger partial charge in [-0.15, -0.1) is 0 Å². The highest BCUT2D eigenvalue weighted by atomic mass is 15.3. The maximum Gasteiger partial charge on any atom is 0.226 e. The van der Waals surface area contributed by atoms with Crippen molar-refractivity contribution in [3.05, 3.63) is 29.0 Å². The van der Waals surface area contributed by atoms with Gasteiger partial charge in [0.05, 0.1) is 11.2 Å². The van der Waals surface area contributed by atoms with E-state index in [9.17, 15) is 0 Å². The second-order valence-electron chi connectivity index (χ2n) is 7.39. The first-order valence-corrected chi connectivity index (χ1v) is 9.09. The van der Waals surface area contributed by atoms with E-state index in [4.69, 9.17) is 9.97 Å². The molecule has 2 saturated heterocycles. The van der Waals surface area contributed by atoms with Crippen molar-refractivity contribution in [1.29, 1.82) is 0 Å². The van der Waals surface area contributed by atoms with Gasteiger partial charge < -0.3 is 10.2 Å². The van der Waals surface area contributed by atoms with Crippen LogP contribution >= 0.6 is 0 Å². The fourth-order valence-corrected chi connectivity index (χ4v) is 4.76. The molecule has 0 unspecified atom stereocenters. The smallest absolute Gasteiger partial charge is 0.226 e. The van der Waals surface area contributed by atoms with Gasteiger partial charge in [0.2, 0.25) is 5.95 Å². The average molecular weight is 308 g/mol. The highest BCUT2D eigenvalue weighted by Crippen LogP contribution is 2.34. The van der Waals surface area contributed by atoms with Crippen molar-refractivity contribution in [1.82, 2.24) is 15.3 Å². The zero-order chi connectivity index (χ0) is 15.4. The molecule has 1 aromatic carbocycles. The Bertz CT molecular complexity index is 756. The van der Waals surface area contributed by atoms with Gasteiger partial charge in [0.15, 0.2) is 0 Å². The highest BCUT2D eigenvalue weighted by Gasteiger charge is 2.36. The maximum atomic E-state index is 5.01. The molecule has 2 aliphatic heterocycles. The van der Waals surface area contributed by atoms with Crippen LogP contribution in [0.4, 0.5) is 5.95 Å². The molecule has 2 fully saturated rings. The van der Waals surface area contributed by atoms with Crippen LogP contribution < -0.4 is 10.2 Å². The second-order valence-corrected chi connectivity index (χ2v) is 7.39. The first kappa shape index (κ1) is 13.7. The lowest BCUT2D eigenvalue weighted by atomic mass is 10.1. The first-order chi connectivity index (χ1) is 11.3. The summed E-state index contributed by atoms with van der Waals surface area (Å²) in [6.45, 7) is 4.34. The number of aromatic nitrogens is 2. The molecule has 0 saturated carbocycles. The summed E-state index contributed by atoms with van der Waals surface area (Å²) in [5.41, 5.74) is 5.29. The summed E-state index contributed by atoms with van der Waals surface area (Å²) in [6, 6.07) is 5.85. The van der Waals surface area contributed by atoms with Gasteiger partial charge in [-0.25, -0.2) is 9.97 Å². The van der Waals surface area contributed by atoms with E-state index in [1.807, 2.05) is 0 Å². The minimum atomic E-state index is 0.564. The van der Waals surface area contributed by atoms with E-state index < -0.39 is 0 Å². The number of benzene rings is 1. The predicted octanol–water partition coefficient (Wildman–Crippen LogP) is 2.76. The van der Waals surface area contributed by atoms with Crippen molar-refractivity contribution >= 4 is 16.9 Å². The molecule has 1 N–H and O–H groups in total. The molecule has 4 nitrogen and oxygen atoms in total. The highest BCUT2D eigenvalue weighted by molar-refractivity contribution is 5.84. The fraction of sp³-hybridized carbons (Fsp3) is 0.579. The van der Waals surface area contributed by atoms with E-state index in [0.717, 1.165) is 30.2 Å². The summed E-state index contributed by atoms with van der Waals surface area (Å²) >= 11 is 0. The maximum absolute atomic E-state index is 5.01. The van der Waals surface area contributed by atoms with Gasteiger partial charge in [-0.05, 0) is 75.3 Å². The molecule has 0 amide bonds. The monoisotopic (exact) mass is 308 g/mol. The molecule has 0 radical (unpaired) electrons.